The summed E-state index contributed by atoms with van der Waals surface area (Å²) >= 11 is 0. The molecule has 0 aromatic heterocycles. The van der Waals surface area contributed by atoms with Gasteiger partial charge in [0, 0.05) is 6.42 Å². The van der Waals surface area contributed by atoms with Gasteiger partial charge in [-0.15, -0.1) is 0 Å². The van der Waals surface area contributed by atoms with Crippen LogP contribution in [0.5, 0.6) is 0 Å². The summed E-state index contributed by atoms with van der Waals surface area (Å²) in [7, 11) is 0. The fourth-order valence-electron chi connectivity index (χ4n) is 9.63. The molecule has 0 amide bonds. The lowest BCUT2D eigenvalue weighted by Gasteiger charge is -2.63. The minimum atomic E-state index is -0.785. The molecule has 3 aliphatic carbocycles. The molecule has 4 aliphatic rings. The smallest absolute Gasteiger partial charge is 0.303 e. The summed E-state index contributed by atoms with van der Waals surface area (Å²) in [5.41, 5.74) is 0.601. The molecular formula is C29H48O4. The normalized spacial score (nSPS) is 47.7. The number of aliphatic carboxylic acids is 1. The number of aliphatic hydroxyl groups is 1. The highest BCUT2D eigenvalue weighted by Crippen LogP contribution is 2.69. The van der Waals surface area contributed by atoms with Crippen molar-refractivity contribution in [1.82, 2.24) is 0 Å². The highest BCUT2D eigenvalue weighted by atomic mass is 16.5. The molecule has 1 heterocycles. The van der Waals surface area contributed by atoms with Crippen LogP contribution in [0.4, 0.5) is 0 Å². The Kier molecular flexibility index (Phi) is 6.39. The Balaban J connectivity index is 1.59. The molecule has 2 N–H and O–H groups in total. The second-order valence-electron chi connectivity index (χ2n) is 13.5. The van der Waals surface area contributed by atoms with E-state index in [-0.39, 0.29) is 29.0 Å². The second-order valence-corrected chi connectivity index (χ2v) is 13.5. The molecule has 0 aromatic rings. The standard InChI is InChI=1S/C29H48O4/c1-18(2)20-12-15-28(6)21-9-10-22(29(7)17-13-24(33-29)26(3,4)32)19(21)8-11-23(28)27(20,5)16-14-25(30)31/h19-24,32H,1,8-17H2,2-7H3,(H,30,31)/t19-,20-,21?,22+,23+,24-,27-,28-,29-/m0/s1. The average Bonchev–Trinajstić information content (AvgIpc) is 3.31. The molecule has 4 fully saturated rings. The number of hydrogen-bond donors (Lipinski definition) is 2. The SMILES string of the molecule is C=C(C)[C@@H]1CC[C@@]2(C)C3CC[C@@H]([C@]4(C)CC[C@@H](C(C)(C)O)O4)[C@H]3CC[C@@H]2[C@@]1(C)CCC(=O)O. The Hall–Kier alpha value is -0.870. The van der Waals surface area contributed by atoms with Gasteiger partial charge in [-0.2, -0.15) is 0 Å². The molecule has 9 atom stereocenters. The summed E-state index contributed by atoms with van der Waals surface area (Å²) < 4.78 is 6.64. The lowest BCUT2D eigenvalue weighted by molar-refractivity contribution is -0.161. The van der Waals surface area contributed by atoms with Crippen molar-refractivity contribution < 1.29 is 19.7 Å². The third-order valence-electron chi connectivity index (χ3n) is 11.2. The molecule has 0 aromatic carbocycles. The molecule has 4 nitrogen and oxygen atoms in total. The van der Waals surface area contributed by atoms with Crippen LogP contribution in [-0.2, 0) is 9.53 Å². The van der Waals surface area contributed by atoms with Gasteiger partial charge in [0.15, 0.2) is 0 Å². The van der Waals surface area contributed by atoms with E-state index >= 15 is 0 Å². The number of fused-ring (bicyclic) bond motifs is 3. The molecule has 1 saturated heterocycles. The Morgan fingerprint density at radius 3 is 2.27 bits per heavy atom. The first-order valence-electron chi connectivity index (χ1n) is 13.5. The van der Waals surface area contributed by atoms with Crippen LogP contribution < -0.4 is 0 Å². The first kappa shape index (κ1) is 25.2. The van der Waals surface area contributed by atoms with Gasteiger partial charge in [0.05, 0.1) is 17.3 Å². The zero-order valence-corrected chi connectivity index (χ0v) is 22.0. The Morgan fingerprint density at radius 2 is 1.70 bits per heavy atom. The van der Waals surface area contributed by atoms with Crippen LogP contribution in [0.1, 0.15) is 106 Å². The van der Waals surface area contributed by atoms with Gasteiger partial charge in [-0.25, -0.2) is 0 Å². The number of carboxylic acids is 1. The maximum absolute atomic E-state index is 11.6. The topological polar surface area (TPSA) is 66.8 Å². The van der Waals surface area contributed by atoms with E-state index in [1.165, 1.54) is 37.7 Å². The van der Waals surface area contributed by atoms with Crippen LogP contribution in [0.25, 0.3) is 0 Å². The van der Waals surface area contributed by atoms with Crippen molar-refractivity contribution in [3.63, 3.8) is 0 Å². The lowest BCUT2D eigenvalue weighted by Crippen LogP contribution is -2.56. The van der Waals surface area contributed by atoms with Gasteiger partial charge in [0.1, 0.15) is 0 Å². The summed E-state index contributed by atoms with van der Waals surface area (Å²) in [5, 5.41) is 20.1. The van der Waals surface area contributed by atoms with Crippen LogP contribution in [0.3, 0.4) is 0 Å². The van der Waals surface area contributed by atoms with E-state index < -0.39 is 11.6 Å². The predicted molar refractivity (Wildman–Crippen MR) is 132 cm³/mol. The number of carboxylic acid groups (broad SMARTS) is 1. The van der Waals surface area contributed by atoms with Crippen molar-refractivity contribution >= 4 is 5.97 Å². The van der Waals surface area contributed by atoms with Crippen LogP contribution in [-0.4, -0.2) is 33.5 Å². The summed E-state index contributed by atoms with van der Waals surface area (Å²) in [6.45, 7) is 17.5. The average molecular weight is 461 g/mol. The van der Waals surface area contributed by atoms with Gasteiger partial charge in [-0.05, 0) is 126 Å². The quantitative estimate of drug-likeness (QED) is 0.438. The summed E-state index contributed by atoms with van der Waals surface area (Å²) in [5.74, 6) is 2.25. The highest BCUT2D eigenvalue weighted by Gasteiger charge is 2.63. The second kappa shape index (κ2) is 8.36. The van der Waals surface area contributed by atoms with Gasteiger partial charge in [-0.3, -0.25) is 4.79 Å². The van der Waals surface area contributed by atoms with Gasteiger partial charge in [0.2, 0.25) is 0 Å². The minimum Gasteiger partial charge on any atom is -0.481 e. The molecule has 3 saturated carbocycles. The minimum absolute atomic E-state index is 0.0139. The lowest BCUT2D eigenvalue weighted by atomic mass is 9.42. The van der Waals surface area contributed by atoms with Crippen LogP contribution in [0, 0.1) is 40.4 Å². The van der Waals surface area contributed by atoms with E-state index in [0.717, 1.165) is 25.7 Å². The molecule has 0 bridgehead atoms. The van der Waals surface area contributed by atoms with Crippen molar-refractivity contribution in [3.05, 3.63) is 12.2 Å². The van der Waals surface area contributed by atoms with Gasteiger partial charge >= 0.3 is 5.97 Å². The number of carbonyl (C=O) groups is 1. The third kappa shape index (κ3) is 4.11. The van der Waals surface area contributed by atoms with E-state index in [4.69, 9.17) is 4.74 Å². The van der Waals surface area contributed by atoms with Crippen molar-refractivity contribution in [2.75, 3.05) is 0 Å². The first-order chi connectivity index (χ1) is 15.2. The molecule has 33 heavy (non-hydrogen) atoms. The fourth-order valence-corrected chi connectivity index (χ4v) is 9.63. The summed E-state index contributed by atoms with van der Waals surface area (Å²) in [6.07, 6.45) is 10.2. The summed E-state index contributed by atoms with van der Waals surface area (Å²) in [4.78, 5) is 11.6. The zero-order valence-electron chi connectivity index (χ0n) is 22.0. The number of hydrogen-bond acceptors (Lipinski definition) is 3. The number of ether oxygens (including phenoxy) is 1. The third-order valence-corrected chi connectivity index (χ3v) is 11.2. The van der Waals surface area contributed by atoms with Crippen molar-refractivity contribution in [3.8, 4) is 0 Å². The zero-order chi connectivity index (χ0) is 24.4. The fraction of sp³-hybridized carbons (Fsp3) is 0.897. The molecule has 4 rings (SSSR count). The Morgan fingerprint density at radius 1 is 1.03 bits per heavy atom. The maximum Gasteiger partial charge on any atom is 0.303 e. The summed E-state index contributed by atoms with van der Waals surface area (Å²) in [6, 6.07) is 0. The Bertz CT molecular complexity index is 783. The van der Waals surface area contributed by atoms with Crippen LogP contribution >= 0.6 is 0 Å². The first-order valence-corrected chi connectivity index (χ1v) is 13.5. The monoisotopic (exact) mass is 460 g/mol. The van der Waals surface area contributed by atoms with E-state index in [2.05, 4.69) is 34.3 Å². The molecule has 4 heteroatoms. The Labute approximate surface area is 201 Å². The molecule has 1 aliphatic heterocycles. The molecule has 188 valence electrons. The highest BCUT2D eigenvalue weighted by molar-refractivity contribution is 5.66. The molecule has 0 spiro atoms. The van der Waals surface area contributed by atoms with Crippen LogP contribution in [0.2, 0.25) is 0 Å². The van der Waals surface area contributed by atoms with Crippen molar-refractivity contribution in [2.24, 2.45) is 40.4 Å². The van der Waals surface area contributed by atoms with Crippen LogP contribution in [0.15, 0.2) is 12.2 Å². The van der Waals surface area contributed by atoms with E-state index in [0.29, 0.717) is 29.6 Å². The van der Waals surface area contributed by atoms with Gasteiger partial charge in [-0.1, -0.05) is 26.0 Å². The molecule has 1 unspecified atom stereocenters. The van der Waals surface area contributed by atoms with Gasteiger partial charge in [0.25, 0.3) is 0 Å². The number of rotatable bonds is 6. The predicted octanol–water partition coefficient (Wildman–Crippen LogP) is 6.61. The van der Waals surface area contributed by atoms with E-state index in [1.807, 2.05) is 13.8 Å². The van der Waals surface area contributed by atoms with Gasteiger partial charge < -0.3 is 14.9 Å². The largest absolute Gasteiger partial charge is 0.481 e. The molecular weight excluding hydrogens is 412 g/mol. The van der Waals surface area contributed by atoms with Crippen molar-refractivity contribution in [1.29, 1.82) is 0 Å². The molecule has 0 radical (unpaired) electrons. The van der Waals surface area contributed by atoms with E-state index in [1.54, 1.807) is 0 Å². The number of allylic oxidation sites excluding steroid dienone is 1. The van der Waals surface area contributed by atoms with Crippen molar-refractivity contribution in [2.45, 2.75) is 123 Å². The maximum atomic E-state index is 11.6. The van der Waals surface area contributed by atoms with E-state index in [9.17, 15) is 15.0 Å².